The van der Waals surface area contributed by atoms with E-state index in [4.69, 9.17) is 16.3 Å². The van der Waals surface area contributed by atoms with Crippen LogP contribution in [0.15, 0.2) is 77.9 Å². The van der Waals surface area contributed by atoms with Gasteiger partial charge in [-0.1, -0.05) is 53.6 Å². The Morgan fingerprint density at radius 3 is 2.66 bits per heavy atom. The van der Waals surface area contributed by atoms with Gasteiger partial charge in [0.2, 0.25) is 5.91 Å². The van der Waals surface area contributed by atoms with Crippen LogP contribution in [0.2, 0.25) is 5.02 Å². The first kappa shape index (κ1) is 22.7. The minimum absolute atomic E-state index is 0.0614. The van der Waals surface area contributed by atoms with Gasteiger partial charge in [0.25, 0.3) is 5.56 Å². The number of aromatic nitrogens is 3. The van der Waals surface area contributed by atoms with Gasteiger partial charge in [0.05, 0.1) is 31.2 Å². The molecule has 5 aromatic rings. The summed E-state index contributed by atoms with van der Waals surface area (Å²) in [6.07, 6.45) is 1.54. The second-order valence-corrected chi connectivity index (χ2v) is 8.73. The lowest BCUT2D eigenvalue weighted by Crippen LogP contribution is -2.25. The highest BCUT2D eigenvalue weighted by Gasteiger charge is 2.19. The standard InChI is InChI=1S/C27H23ClN4O3/c1-17-11-12-22-19(13-17)25-26(27(34)31(16-29-25)14-18-7-3-4-8-20(18)28)32(22)15-24(33)30-21-9-5-6-10-23(21)35-2/h3-13,16H,14-15H2,1-2H3,(H,30,33). The normalized spacial score (nSPS) is 11.2. The fourth-order valence-electron chi connectivity index (χ4n) is 4.28. The number of methoxy groups -OCH3 is 1. The summed E-state index contributed by atoms with van der Waals surface area (Å²) in [6, 6.07) is 20.4. The van der Waals surface area contributed by atoms with E-state index in [-0.39, 0.29) is 24.6 Å². The molecule has 176 valence electrons. The van der Waals surface area contributed by atoms with Gasteiger partial charge >= 0.3 is 0 Å². The molecule has 0 unspecified atom stereocenters. The minimum atomic E-state index is -0.283. The number of ether oxygens (including phenoxy) is 1. The molecule has 0 atom stereocenters. The van der Waals surface area contributed by atoms with Crippen LogP contribution in [0.25, 0.3) is 21.9 Å². The Bertz CT molecular complexity index is 1640. The molecule has 0 fully saturated rings. The molecule has 0 aliphatic heterocycles. The van der Waals surface area contributed by atoms with Crippen LogP contribution >= 0.6 is 11.6 Å². The smallest absolute Gasteiger partial charge is 0.278 e. The van der Waals surface area contributed by atoms with Crippen molar-refractivity contribution < 1.29 is 9.53 Å². The fourth-order valence-corrected chi connectivity index (χ4v) is 4.48. The quantitative estimate of drug-likeness (QED) is 0.366. The number of benzene rings is 3. The molecule has 2 aromatic heterocycles. The Hall–Kier alpha value is -4.10. The molecule has 8 heteroatoms. The van der Waals surface area contributed by atoms with Crippen LogP contribution < -0.4 is 15.6 Å². The summed E-state index contributed by atoms with van der Waals surface area (Å²) in [5.41, 5.74) is 3.87. The maximum absolute atomic E-state index is 13.7. The van der Waals surface area contributed by atoms with E-state index in [1.54, 1.807) is 29.9 Å². The molecular weight excluding hydrogens is 464 g/mol. The molecule has 35 heavy (non-hydrogen) atoms. The summed E-state index contributed by atoms with van der Waals surface area (Å²) in [5.74, 6) is 0.275. The van der Waals surface area contributed by atoms with Gasteiger partial charge in [-0.3, -0.25) is 14.2 Å². The zero-order valence-corrected chi connectivity index (χ0v) is 20.0. The third kappa shape index (κ3) is 4.26. The average molecular weight is 487 g/mol. The number of hydrogen-bond donors (Lipinski definition) is 1. The van der Waals surface area contributed by atoms with Gasteiger partial charge in [0.15, 0.2) is 0 Å². The third-order valence-electron chi connectivity index (χ3n) is 5.96. The van der Waals surface area contributed by atoms with Crippen LogP contribution in [-0.2, 0) is 17.9 Å². The highest BCUT2D eigenvalue weighted by Crippen LogP contribution is 2.28. The van der Waals surface area contributed by atoms with Crippen molar-refractivity contribution in [2.75, 3.05) is 12.4 Å². The average Bonchev–Trinajstić information content (AvgIpc) is 3.15. The second-order valence-electron chi connectivity index (χ2n) is 8.32. The van der Waals surface area contributed by atoms with Crippen molar-refractivity contribution in [3.05, 3.63) is 99.6 Å². The van der Waals surface area contributed by atoms with Gasteiger partial charge in [-0.2, -0.15) is 0 Å². The van der Waals surface area contributed by atoms with Crippen molar-refractivity contribution in [1.82, 2.24) is 14.1 Å². The van der Waals surface area contributed by atoms with Gasteiger partial charge in [0, 0.05) is 10.4 Å². The van der Waals surface area contributed by atoms with Crippen molar-refractivity contribution in [1.29, 1.82) is 0 Å². The van der Waals surface area contributed by atoms with Gasteiger partial charge in [-0.05, 0) is 42.8 Å². The van der Waals surface area contributed by atoms with E-state index in [0.717, 1.165) is 22.0 Å². The number of amides is 1. The summed E-state index contributed by atoms with van der Waals surface area (Å²) < 4.78 is 8.59. The van der Waals surface area contributed by atoms with Crippen molar-refractivity contribution >= 4 is 45.1 Å². The summed E-state index contributed by atoms with van der Waals surface area (Å²) in [7, 11) is 1.55. The molecule has 0 saturated heterocycles. The third-order valence-corrected chi connectivity index (χ3v) is 6.33. The monoisotopic (exact) mass is 486 g/mol. The Balaban J connectivity index is 1.61. The highest BCUT2D eigenvalue weighted by molar-refractivity contribution is 6.31. The topological polar surface area (TPSA) is 78.2 Å². The predicted molar refractivity (Wildman–Crippen MR) is 138 cm³/mol. The van der Waals surface area contributed by atoms with Gasteiger partial charge in [-0.15, -0.1) is 0 Å². The Morgan fingerprint density at radius 1 is 1.09 bits per heavy atom. The van der Waals surface area contributed by atoms with E-state index in [1.807, 2.05) is 55.5 Å². The lowest BCUT2D eigenvalue weighted by Gasteiger charge is -2.12. The van der Waals surface area contributed by atoms with Crippen LogP contribution in [0.3, 0.4) is 0 Å². The summed E-state index contributed by atoms with van der Waals surface area (Å²) in [5, 5.41) is 4.29. The number of carbonyl (C=O) groups is 1. The Labute approximate surface area is 206 Å². The second kappa shape index (κ2) is 9.27. The molecule has 0 aliphatic carbocycles. The molecule has 0 aliphatic rings. The molecule has 5 rings (SSSR count). The first-order valence-electron chi connectivity index (χ1n) is 11.1. The molecule has 1 N–H and O–H groups in total. The van der Waals surface area contributed by atoms with E-state index in [1.165, 1.54) is 10.9 Å². The van der Waals surface area contributed by atoms with E-state index < -0.39 is 0 Å². The summed E-state index contributed by atoms with van der Waals surface area (Å²) in [6.45, 7) is 2.19. The van der Waals surface area contributed by atoms with Crippen molar-refractivity contribution in [3.63, 3.8) is 0 Å². The number of nitrogens with zero attached hydrogens (tertiary/aromatic N) is 3. The van der Waals surface area contributed by atoms with Crippen LogP contribution in [-0.4, -0.2) is 27.1 Å². The van der Waals surface area contributed by atoms with Gasteiger partial charge in [0.1, 0.15) is 23.3 Å². The number of aryl methyl sites for hydroxylation is 1. The number of rotatable bonds is 6. The lowest BCUT2D eigenvalue weighted by atomic mass is 10.1. The van der Waals surface area contributed by atoms with Crippen molar-refractivity contribution in [2.24, 2.45) is 0 Å². The van der Waals surface area contributed by atoms with Crippen LogP contribution in [0.5, 0.6) is 5.75 Å². The largest absolute Gasteiger partial charge is 0.495 e. The number of nitrogens with one attached hydrogen (secondary N) is 1. The van der Waals surface area contributed by atoms with E-state index in [9.17, 15) is 9.59 Å². The number of carbonyl (C=O) groups excluding carboxylic acids is 1. The fraction of sp³-hybridized carbons (Fsp3) is 0.148. The predicted octanol–water partition coefficient (Wildman–Crippen LogP) is 5.01. The SMILES string of the molecule is COc1ccccc1NC(=O)Cn1c2ccc(C)cc2c2ncn(Cc3ccccc3Cl)c(=O)c21. The molecule has 0 saturated carbocycles. The molecule has 0 spiro atoms. The first-order valence-corrected chi connectivity index (χ1v) is 11.5. The summed E-state index contributed by atoms with van der Waals surface area (Å²) >= 11 is 6.32. The number of fused-ring (bicyclic) bond motifs is 3. The molecule has 2 heterocycles. The molecule has 0 radical (unpaired) electrons. The highest BCUT2D eigenvalue weighted by atomic mass is 35.5. The summed E-state index contributed by atoms with van der Waals surface area (Å²) in [4.78, 5) is 31.4. The van der Waals surface area contributed by atoms with Crippen LogP contribution in [0.1, 0.15) is 11.1 Å². The maximum Gasteiger partial charge on any atom is 0.278 e. The van der Waals surface area contributed by atoms with Gasteiger partial charge in [-0.25, -0.2) is 4.98 Å². The molecule has 1 amide bonds. The zero-order valence-electron chi connectivity index (χ0n) is 19.3. The van der Waals surface area contributed by atoms with E-state index in [0.29, 0.717) is 27.5 Å². The molecular formula is C27H23ClN4O3. The Morgan fingerprint density at radius 2 is 1.86 bits per heavy atom. The molecule has 3 aromatic carbocycles. The lowest BCUT2D eigenvalue weighted by molar-refractivity contribution is -0.116. The number of hydrogen-bond acceptors (Lipinski definition) is 4. The maximum atomic E-state index is 13.7. The van der Waals surface area contributed by atoms with E-state index in [2.05, 4.69) is 10.3 Å². The van der Waals surface area contributed by atoms with Crippen molar-refractivity contribution in [2.45, 2.75) is 20.0 Å². The number of anilines is 1. The molecule has 7 nitrogen and oxygen atoms in total. The van der Waals surface area contributed by atoms with Crippen LogP contribution in [0, 0.1) is 6.92 Å². The van der Waals surface area contributed by atoms with Crippen LogP contribution in [0.4, 0.5) is 5.69 Å². The number of para-hydroxylation sites is 2. The minimum Gasteiger partial charge on any atom is -0.495 e. The van der Waals surface area contributed by atoms with Gasteiger partial charge < -0.3 is 14.6 Å². The van der Waals surface area contributed by atoms with Crippen molar-refractivity contribution in [3.8, 4) is 5.75 Å². The Kier molecular flexibility index (Phi) is 6.01. The molecule has 0 bridgehead atoms. The first-order chi connectivity index (χ1) is 17.0. The zero-order chi connectivity index (χ0) is 24.5. The van der Waals surface area contributed by atoms with E-state index >= 15 is 0 Å². The number of halogens is 1.